The van der Waals surface area contributed by atoms with E-state index in [9.17, 15) is 0 Å². The van der Waals surface area contributed by atoms with E-state index in [-0.39, 0.29) is 10.8 Å². The minimum Gasteiger partial charge on any atom is -0.310 e. The van der Waals surface area contributed by atoms with E-state index < -0.39 is 10.8 Å². The number of rotatable bonds is 10. The Hall–Kier alpha value is -9.50. The number of benzene rings is 12. The third-order valence-corrected chi connectivity index (χ3v) is 18.2. The molecule has 84 heavy (non-hydrogen) atoms. The van der Waals surface area contributed by atoms with Crippen molar-refractivity contribution in [2.24, 2.45) is 0 Å². The molecule has 408 valence electrons. The van der Waals surface area contributed by atoms with E-state index in [1.807, 2.05) is 0 Å². The van der Waals surface area contributed by atoms with Gasteiger partial charge in [-0.05, 0) is 160 Å². The first-order valence-corrected chi connectivity index (χ1v) is 29.8. The van der Waals surface area contributed by atoms with Gasteiger partial charge in [0.1, 0.15) is 0 Å². The predicted octanol–water partition coefficient (Wildman–Crippen LogP) is 22.4. The number of nitrogens with zero attached hydrogens (tertiary/aromatic N) is 2. The summed E-state index contributed by atoms with van der Waals surface area (Å²) in [6.45, 7) is 18.8. The largest absolute Gasteiger partial charge is 0.310 e. The molecule has 0 saturated heterocycles. The summed E-state index contributed by atoms with van der Waals surface area (Å²) in [4.78, 5) is 5.07. The van der Waals surface area contributed by atoms with Crippen molar-refractivity contribution in [2.75, 3.05) is 9.80 Å². The predicted molar refractivity (Wildman–Crippen MR) is 356 cm³/mol. The van der Waals surface area contributed by atoms with Crippen LogP contribution >= 0.6 is 0 Å². The summed E-state index contributed by atoms with van der Waals surface area (Å²) in [5, 5.41) is 2.43. The molecule has 0 aliphatic heterocycles. The Morgan fingerprint density at radius 3 is 1.14 bits per heavy atom. The van der Waals surface area contributed by atoms with Gasteiger partial charge in [-0.3, -0.25) is 0 Å². The Bertz CT molecular complexity index is 4350. The van der Waals surface area contributed by atoms with Gasteiger partial charge in [0.2, 0.25) is 0 Å². The highest BCUT2D eigenvalue weighted by atomic mass is 15.2. The normalized spacial score (nSPS) is 13.7. The molecular formula is C82H70N2. The van der Waals surface area contributed by atoms with Gasteiger partial charge >= 0.3 is 0 Å². The molecule has 12 aromatic rings. The lowest BCUT2D eigenvalue weighted by Crippen LogP contribution is -2.32. The Balaban J connectivity index is 1.10. The summed E-state index contributed by atoms with van der Waals surface area (Å²) in [5.74, 6) is 0. The highest BCUT2D eigenvalue weighted by Crippen LogP contribution is 2.67. The van der Waals surface area contributed by atoms with Gasteiger partial charge in [-0.1, -0.05) is 274 Å². The van der Waals surface area contributed by atoms with E-state index in [1.54, 1.807) is 0 Å². The summed E-state index contributed by atoms with van der Waals surface area (Å²) in [6.07, 6.45) is 0. The van der Waals surface area contributed by atoms with Gasteiger partial charge in [0.25, 0.3) is 0 Å². The monoisotopic (exact) mass is 1080 g/mol. The second kappa shape index (κ2) is 20.1. The first-order chi connectivity index (χ1) is 40.7. The van der Waals surface area contributed by atoms with Gasteiger partial charge in [0.05, 0.1) is 16.8 Å². The molecule has 2 aliphatic rings. The van der Waals surface area contributed by atoms with Crippen LogP contribution in [0.15, 0.2) is 279 Å². The average molecular weight is 1080 g/mol. The maximum atomic E-state index is 2.59. The minimum atomic E-state index is -0.702. The Kier molecular flexibility index (Phi) is 12.6. The first kappa shape index (κ1) is 52.6. The van der Waals surface area contributed by atoms with Gasteiger partial charge in [-0.25, -0.2) is 0 Å². The lowest BCUT2D eigenvalue weighted by Gasteiger charge is -2.38. The van der Waals surface area contributed by atoms with E-state index in [0.717, 1.165) is 34.1 Å². The summed E-state index contributed by atoms with van der Waals surface area (Å²) in [7, 11) is 0. The second-order valence-electron chi connectivity index (χ2n) is 25.7. The fourth-order valence-electron chi connectivity index (χ4n) is 14.0. The highest BCUT2D eigenvalue weighted by molar-refractivity contribution is 6.13. The first-order valence-electron chi connectivity index (χ1n) is 29.8. The molecular weight excluding hydrogens is 1010 g/mol. The summed E-state index contributed by atoms with van der Waals surface area (Å²) >= 11 is 0. The van der Waals surface area contributed by atoms with E-state index >= 15 is 0 Å². The van der Waals surface area contributed by atoms with Gasteiger partial charge in [-0.15, -0.1) is 0 Å². The van der Waals surface area contributed by atoms with Gasteiger partial charge in [0.15, 0.2) is 0 Å². The fourth-order valence-corrected chi connectivity index (χ4v) is 14.0. The van der Waals surface area contributed by atoms with E-state index in [2.05, 4.69) is 344 Å². The Morgan fingerprint density at radius 1 is 0.298 bits per heavy atom. The molecule has 0 spiro atoms. The molecule has 12 aromatic carbocycles. The maximum absolute atomic E-state index is 2.59. The maximum Gasteiger partial charge on any atom is 0.0717 e. The van der Waals surface area contributed by atoms with Crippen molar-refractivity contribution in [1.29, 1.82) is 0 Å². The lowest BCUT2D eigenvalue weighted by molar-refractivity contribution is 0.590. The van der Waals surface area contributed by atoms with Crippen LogP contribution in [0.3, 0.4) is 0 Å². The molecule has 2 nitrogen and oxygen atoms in total. The van der Waals surface area contributed by atoms with Gasteiger partial charge in [-0.2, -0.15) is 0 Å². The average Bonchev–Trinajstić information content (AvgIpc) is 1.71. The van der Waals surface area contributed by atoms with Crippen LogP contribution in [-0.2, 0) is 21.7 Å². The van der Waals surface area contributed by atoms with E-state index in [4.69, 9.17) is 0 Å². The molecule has 14 rings (SSSR count). The SMILES string of the molecule is CC(C)(C)c1ccc(N(c2ccc(-c3ccccc3)cc2)c2cc3c(c4c2-c2ccccc2C4(c2ccccc2)c2ccccc2)C(C)(C)c2cc(N(c4ccc(-c5ccccc5)cc4)c4ccc(C(C)(C)C)cc4)c4ccccc4c2-3)cc1. The van der Waals surface area contributed by atoms with Crippen LogP contribution in [0.5, 0.6) is 0 Å². The molecule has 2 aliphatic carbocycles. The minimum absolute atomic E-state index is 0.00131. The van der Waals surface area contributed by atoms with Crippen molar-refractivity contribution in [3.8, 4) is 44.5 Å². The molecule has 0 heterocycles. The van der Waals surface area contributed by atoms with Gasteiger partial charge in [0, 0.05) is 39.1 Å². The van der Waals surface area contributed by atoms with Crippen LogP contribution in [0.1, 0.15) is 99.9 Å². The van der Waals surface area contributed by atoms with E-state index in [0.29, 0.717) is 0 Å². The van der Waals surface area contributed by atoms with Crippen molar-refractivity contribution in [3.63, 3.8) is 0 Å². The molecule has 2 heteroatoms. The molecule has 0 atom stereocenters. The quantitative estimate of drug-likeness (QED) is 0.135. The summed E-state index contributed by atoms with van der Waals surface area (Å²) < 4.78 is 0. The van der Waals surface area contributed by atoms with Gasteiger partial charge < -0.3 is 9.80 Å². The zero-order valence-electron chi connectivity index (χ0n) is 49.5. The van der Waals surface area contributed by atoms with Crippen molar-refractivity contribution in [1.82, 2.24) is 0 Å². The Morgan fingerprint density at radius 2 is 0.679 bits per heavy atom. The zero-order chi connectivity index (χ0) is 57.5. The molecule has 0 bridgehead atoms. The lowest BCUT2D eigenvalue weighted by atomic mass is 9.64. The molecule has 0 N–H and O–H groups in total. The van der Waals surface area contributed by atoms with Crippen molar-refractivity contribution < 1.29 is 0 Å². The van der Waals surface area contributed by atoms with Crippen LogP contribution < -0.4 is 9.80 Å². The zero-order valence-corrected chi connectivity index (χ0v) is 49.5. The summed E-state index contributed by atoms with van der Waals surface area (Å²) in [5.41, 5.74) is 25.7. The molecule has 0 fully saturated rings. The van der Waals surface area contributed by atoms with Crippen molar-refractivity contribution in [3.05, 3.63) is 324 Å². The second-order valence-corrected chi connectivity index (χ2v) is 25.7. The topological polar surface area (TPSA) is 6.48 Å². The third kappa shape index (κ3) is 8.53. The van der Waals surface area contributed by atoms with Crippen LogP contribution in [0.25, 0.3) is 55.3 Å². The fraction of sp³-hybridized carbons (Fsp3) is 0.146. The third-order valence-electron chi connectivity index (χ3n) is 18.2. The van der Waals surface area contributed by atoms with Crippen LogP contribution in [0, 0.1) is 0 Å². The number of hydrogen-bond acceptors (Lipinski definition) is 2. The van der Waals surface area contributed by atoms with Crippen LogP contribution in [0.2, 0.25) is 0 Å². The summed E-state index contributed by atoms with van der Waals surface area (Å²) in [6, 6.07) is 105. The molecule has 0 aromatic heterocycles. The molecule has 0 saturated carbocycles. The highest BCUT2D eigenvalue weighted by Gasteiger charge is 2.54. The molecule has 0 unspecified atom stereocenters. The van der Waals surface area contributed by atoms with Crippen molar-refractivity contribution >= 4 is 44.9 Å². The smallest absolute Gasteiger partial charge is 0.0717 e. The number of hydrogen-bond donors (Lipinski definition) is 0. The number of fused-ring (bicyclic) bond motifs is 9. The van der Waals surface area contributed by atoms with E-state index in [1.165, 1.54) is 99.8 Å². The van der Waals surface area contributed by atoms with Crippen LogP contribution in [-0.4, -0.2) is 0 Å². The number of anilines is 6. The molecule has 0 radical (unpaired) electrons. The molecule has 0 amide bonds. The van der Waals surface area contributed by atoms with Crippen LogP contribution in [0.4, 0.5) is 34.1 Å². The standard InChI is InChI=1S/C82H70N2/c1-79(2,3)59-41-49-65(50-42-59)83(63-45-37-57(38-46-63)55-25-13-9-14-26-55)73-54-72-75(68-34-22-21-33-67(68)73)70-53-74(84(66-51-43-60(44-52-66)80(4,5)6)64-47-39-58(40-48-64)56-27-15-10-16-28-56)76-69-35-23-24-36-71(69)82(61-29-17-11-18-30-61,62-31-19-12-20-32-62)78(76)77(70)81(72,7)8/h9-54H,1-8H3. The van der Waals surface area contributed by atoms with Crippen molar-refractivity contribution in [2.45, 2.75) is 77.0 Å². The Labute approximate surface area is 497 Å².